The van der Waals surface area contributed by atoms with E-state index in [1.54, 1.807) is 0 Å². The maximum Gasteiger partial charge on any atom is 0.488 e. The van der Waals surface area contributed by atoms with Gasteiger partial charge in [0, 0.05) is 0 Å². The van der Waals surface area contributed by atoms with Crippen molar-refractivity contribution in [3.05, 3.63) is 29.6 Å². The van der Waals surface area contributed by atoms with Crippen molar-refractivity contribution in [2.75, 3.05) is 0 Å². The maximum absolute atomic E-state index is 12.8. The van der Waals surface area contributed by atoms with Gasteiger partial charge in [0.2, 0.25) is 0 Å². The lowest BCUT2D eigenvalue weighted by Gasteiger charge is -2.04. The van der Waals surface area contributed by atoms with Crippen LogP contribution in [0.1, 0.15) is 5.56 Å². The second-order valence-electron chi connectivity index (χ2n) is 2.67. The zero-order chi connectivity index (χ0) is 10.6. The second kappa shape index (κ2) is 4.73. The quantitative estimate of drug-likeness (QED) is 0.489. The summed E-state index contributed by atoms with van der Waals surface area (Å²) in [6.45, 7) is 0.140. The van der Waals surface area contributed by atoms with Gasteiger partial charge in [-0.3, -0.25) is 4.79 Å². The average Bonchev–Trinajstić information content (AvgIpc) is 2.14. The Morgan fingerprint density at radius 3 is 2.71 bits per heavy atom. The topological polar surface area (TPSA) is 66.8 Å². The zero-order valence-corrected chi connectivity index (χ0v) is 7.18. The molecule has 0 saturated heterocycles. The SMILES string of the molecule is O=COCc1cc(F)cc(B(O)O)c1. The first-order valence-electron chi connectivity index (χ1n) is 3.84. The highest BCUT2D eigenvalue weighted by molar-refractivity contribution is 6.58. The minimum atomic E-state index is -1.74. The van der Waals surface area contributed by atoms with Gasteiger partial charge in [-0.15, -0.1) is 0 Å². The maximum atomic E-state index is 12.8. The molecule has 0 atom stereocenters. The lowest BCUT2D eigenvalue weighted by Crippen LogP contribution is -2.30. The smallest absolute Gasteiger partial charge is 0.463 e. The number of hydrogen-bond donors (Lipinski definition) is 2. The Morgan fingerprint density at radius 1 is 1.43 bits per heavy atom. The van der Waals surface area contributed by atoms with Crippen LogP contribution in [0.25, 0.3) is 0 Å². The second-order valence-corrected chi connectivity index (χ2v) is 2.67. The Hall–Kier alpha value is -1.40. The van der Waals surface area contributed by atoms with E-state index in [1.165, 1.54) is 6.07 Å². The fraction of sp³-hybridized carbons (Fsp3) is 0.125. The molecule has 1 rings (SSSR count). The molecule has 0 saturated carbocycles. The van der Waals surface area contributed by atoms with Crippen LogP contribution in [-0.2, 0) is 16.1 Å². The number of rotatable bonds is 4. The molecule has 2 N–H and O–H groups in total. The van der Waals surface area contributed by atoms with Crippen molar-refractivity contribution in [1.82, 2.24) is 0 Å². The first-order valence-corrected chi connectivity index (χ1v) is 3.84. The standard InChI is InChI=1S/C8H8BFO4/c10-8-2-6(4-14-5-11)1-7(3-8)9(12)13/h1-3,5,12-13H,4H2. The molecule has 0 aliphatic rings. The fourth-order valence-electron chi connectivity index (χ4n) is 1.04. The molecule has 0 aliphatic carbocycles. The van der Waals surface area contributed by atoms with Gasteiger partial charge in [-0.2, -0.15) is 0 Å². The third-order valence-corrected chi connectivity index (χ3v) is 1.60. The molecule has 14 heavy (non-hydrogen) atoms. The summed E-state index contributed by atoms with van der Waals surface area (Å²) in [5.41, 5.74) is 0.384. The van der Waals surface area contributed by atoms with Crippen LogP contribution in [0, 0.1) is 5.82 Å². The van der Waals surface area contributed by atoms with Gasteiger partial charge in [0.05, 0.1) is 0 Å². The van der Waals surface area contributed by atoms with Crippen molar-refractivity contribution in [2.45, 2.75) is 6.61 Å². The molecule has 0 radical (unpaired) electrons. The van der Waals surface area contributed by atoms with Gasteiger partial charge in [0.25, 0.3) is 6.47 Å². The van der Waals surface area contributed by atoms with E-state index in [4.69, 9.17) is 10.0 Å². The molecule has 0 amide bonds. The summed E-state index contributed by atoms with van der Waals surface area (Å²) >= 11 is 0. The predicted molar refractivity (Wildman–Crippen MR) is 47.1 cm³/mol. The number of halogens is 1. The summed E-state index contributed by atoms with van der Waals surface area (Å²) in [6.07, 6.45) is 0. The molecule has 1 aromatic carbocycles. The van der Waals surface area contributed by atoms with Crippen LogP contribution in [0.15, 0.2) is 18.2 Å². The molecule has 4 nitrogen and oxygen atoms in total. The van der Waals surface area contributed by atoms with Crippen LogP contribution in [0.3, 0.4) is 0 Å². The fourth-order valence-corrected chi connectivity index (χ4v) is 1.04. The molecule has 0 heterocycles. The highest BCUT2D eigenvalue weighted by Crippen LogP contribution is 2.03. The van der Waals surface area contributed by atoms with E-state index in [2.05, 4.69) is 4.74 Å². The summed E-state index contributed by atoms with van der Waals surface area (Å²) in [4.78, 5) is 9.87. The summed E-state index contributed by atoms with van der Waals surface area (Å²) in [6, 6.07) is 3.49. The summed E-state index contributed by atoms with van der Waals surface area (Å²) in [5, 5.41) is 17.6. The van der Waals surface area contributed by atoms with Crippen LogP contribution in [-0.4, -0.2) is 23.6 Å². The van der Waals surface area contributed by atoms with Gasteiger partial charge in [-0.1, -0.05) is 6.07 Å². The van der Waals surface area contributed by atoms with E-state index in [0.717, 1.165) is 12.1 Å². The third-order valence-electron chi connectivity index (χ3n) is 1.60. The molecule has 1 aromatic rings. The molecule has 0 unspecified atom stereocenters. The molecular formula is C8H8BFO4. The molecule has 0 aliphatic heterocycles. The molecular weight excluding hydrogens is 190 g/mol. The number of carbonyl (C=O) groups is 1. The first kappa shape index (κ1) is 10.7. The molecule has 0 fully saturated rings. The summed E-state index contributed by atoms with van der Waals surface area (Å²) < 4.78 is 17.2. The normalized spacial score (nSPS) is 9.64. The summed E-state index contributed by atoms with van der Waals surface area (Å²) in [7, 11) is -1.74. The van der Waals surface area contributed by atoms with Gasteiger partial charge in [0.1, 0.15) is 12.4 Å². The van der Waals surface area contributed by atoms with Gasteiger partial charge in [0.15, 0.2) is 0 Å². The van der Waals surface area contributed by atoms with Crippen molar-refractivity contribution in [3.8, 4) is 0 Å². The monoisotopic (exact) mass is 198 g/mol. The van der Waals surface area contributed by atoms with Crippen molar-refractivity contribution in [3.63, 3.8) is 0 Å². The average molecular weight is 198 g/mol. The van der Waals surface area contributed by atoms with Gasteiger partial charge >= 0.3 is 7.12 Å². The Balaban J connectivity index is 2.89. The Morgan fingerprint density at radius 2 is 2.14 bits per heavy atom. The van der Waals surface area contributed by atoms with E-state index >= 15 is 0 Å². The molecule has 74 valence electrons. The van der Waals surface area contributed by atoms with E-state index in [-0.39, 0.29) is 18.5 Å². The van der Waals surface area contributed by atoms with Crippen molar-refractivity contribution >= 4 is 19.1 Å². The predicted octanol–water partition coefficient (Wildman–Crippen LogP) is -0.822. The number of benzene rings is 1. The van der Waals surface area contributed by atoms with Gasteiger partial charge in [-0.25, -0.2) is 4.39 Å². The number of ether oxygens (including phenoxy) is 1. The van der Waals surface area contributed by atoms with Crippen molar-refractivity contribution in [2.24, 2.45) is 0 Å². The first-order chi connectivity index (χ1) is 6.63. The van der Waals surface area contributed by atoms with Crippen LogP contribution >= 0.6 is 0 Å². The Bertz CT molecular complexity index is 329. The van der Waals surface area contributed by atoms with Gasteiger partial charge in [-0.05, 0) is 23.2 Å². The number of carbonyl (C=O) groups excluding carboxylic acids is 1. The largest absolute Gasteiger partial charge is 0.488 e. The van der Waals surface area contributed by atoms with Crippen molar-refractivity contribution in [1.29, 1.82) is 0 Å². The van der Waals surface area contributed by atoms with E-state index < -0.39 is 12.9 Å². The van der Waals surface area contributed by atoms with Crippen LogP contribution in [0.2, 0.25) is 0 Å². The highest BCUT2D eigenvalue weighted by Gasteiger charge is 2.13. The summed E-state index contributed by atoms with van der Waals surface area (Å²) in [5.74, 6) is -0.611. The molecule has 0 bridgehead atoms. The molecule has 0 aromatic heterocycles. The highest BCUT2D eigenvalue weighted by atomic mass is 19.1. The minimum absolute atomic E-state index is 0.0227. The van der Waals surface area contributed by atoms with E-state index in [0.29, 0.717) is 5.56 Å². The van der Waals surface area contributed by atoms with Crippen molar-refractivity contribution < 1.29 is 24.0 Å². The zero-order valence-electron chi connectivity index (χ0n) is 7.18. The van der Waals surface area contributed by atoms with E-state index in [1.807, 2.05) is 0 Å². The third kappa shape index (κ3) is 2.83. The van der Waals surface area contributed by atoms with Crippen LogP contribution in [0.5, 0.6) is 0 Å². The molecule has 6 heteroatoms. The van der Waals surface area contributed by atoms with Crippen LogP contribution < -0.4 is 5.46 Å². The minimum Gasteiger partial charge on any atom is -0.463 e. The Kier molecular flexibility index (Phi) is 3.61. The Labute approximate surface area is 80.1 Å². The molecule has 0 spiro atoms. The van der Waals surface area contributed by atoms with E-state index in [9.17, 15) is 9.18 Å². The lowest BCUT2D eigenvalue weighted by atomic mass is 9.79. The lowest BCUT2D eigenvalue weighted by molar-refractivity contribution is -0.129. The van der Waals surface area contributed by atoms with Crippen LogP contribution in [0.4, 0.5) is 4.39 Å². The van der Waals surface area contributed by atoms with Gasteiger partial charge < -0.3 is 14.8 Å². The number of hydrogen-bond acceptors (Lipinski definition) is 4.